The second-order valence-corrected chi connectivity index (χ2v) is 8.52. The molecule has 1 fully saturated rings. The number of benzene rings is 1. The number of nitrogens with zero attached hydrogens (tertiary/aromatic N) is 1. The van der Waals surface area contributed by atoms with Gasteiger partial charge in [0.25, 0.3) is 0 Å². The molecular formula is C18H26N2O5S. The van der Waals surface area contributed by atoms with Gasteiger partial charge in [-0.15, -0.1) is 0 Å². The van der Waals surface area contributed by atoms with Gasteiger partial charge in [0.05, 0.1) is 4.90 Å². The fourth-order valence-electron chi connectivity index (χ4n) is 3.50. The molecule has 8 heteroatoms. The molecule has 2 rings (SSSR count). The molecule has 0 saturated carbocycles. The van der Waals surface area contributed by atoms with Crippen molar-refractivity contribution in [2.45, 2.75) is 57.4 Å². The Morgan fingerprint density at radius 3 is 2.19 bits per heavy atom. The highest BCUT2D eigenvalue weighted by Crippen LogP contribution is 2.23. The molecule has 2 N–H and O–H groups in total. The summed E-state index contributed by atoms with van der Waals surface area (Å²) in [4.78, 5) is 25.4. The molecule has 1 aromatic carbocycles. The van der Waals surface area contributed by atoms with Crippen LogP contribution in [0.2, 0.25) is 0 Å². The third-order valence-electron chi connectivity index (χ3n) is 4.53. The SMILES string of the molecule is Cc1cc(C)c(S(=O)(=O)N[C@H](CCC(=O)O)C(=O)N2CCCC2)c(C)c1. The van der Waals surface area contributed by atoms with E-state index in [1.807, 2.05) is 6.92 Å². The van der Waals surface area contributed by atoms with E-state index in [9.17, 15) is 18.0 Å². The topological polar surface area (TPSA) is 104 Å². The van der Waals surface area contributed by atoms with Crippen molar-refractivity contribution in [2.24, 2.45) is 0 Å². The van der Waals surface area contributed by atoms with Crippen LogP contribution in [0.4, 0.5) is 0 Å². The van der Waals surface area contributed by atoms with Crippen molar-refractivity contribution < 1.29 is 23.1 Å². The summed E-state index contributed by atoms with van der Waals surface area (Å²) in [6, 6.07) is 2.47. The van der Waals surface area contributed by atoms with Crippen LogP contribution in [0.5, 0.6) is 0 Å². The number of carbonyl (C=O) groups excluding carboxylic acids is 1. The van der Waals surface area contributed by atoms with E-state index in [0.717, 1.165) is 18.4 Å². The Morgan fingerprint density at radius 1 is 1.15 bits per heavy atom. The molecule has 1 amide bonds. The molecule has 0 spiro atoms. The third kappa shape index (κ3) is 4.82. The lowest BCUT2D eigenvalue weighted by Gasteiger charge is -2.24. The zero-order valence-corrected chi connectivity index (χ0v) is 16.2. The van der Waals surface area contributed by atoms with E-state index in [1.54, 1.807) is 30.9 Å². The molecule has 0 aliphatic carbocycles. The molecule has 1 aliphatic rings. The standard InChI is InChI=1S/C18H26N2O5S/c1-12-10-13(2)17(14(3)11-12)26(24,25)19-15(6-7-16(21)22)18(23)20-8-4-5-9-20/h10-11,15,19H,4-9H2,1-3H3,(H,21,22)/t15-/m1/s1. The average molecular weight is 382 g/mol. The number of nitrogens with one attached hydrogen (secondary N) is 1. The Bertz CT molecular complexity index is 775. The maximum atomic E-state index is 12.9. The highest BCUT2D eigenvalue weighted by Gasteiger charge is 2.32. The highest BCUT2D eigenvalue weighted by atomic mass is 32.2. The molecule has 1 saturated heterocycles. The maximum Gasteiger partial charge on any atom is 0.303 e. The van der Waals surface area contributed by atoms with E-state index < -0.39 is 22.0 Å². The van der Waals surface area contributed by atoms with Crippen LogP contribution in [0.15, 0.2) is 17.0 Å². The normalized spacial score (nSPS) is 15.9. The van der Waals surface area contributed by atoms with Crippen LogP contribution in [-0.2, 0) is 19.6 Å². The number of carboxylic acid groups (broad SMARTS) is 1. The van der Waals surface area contributed by atoms with E-state index >= 15 is 0 Å². The maximum absolute atomic E-state index is 12.9. The van der Waals surface area contributed by atoms with Gasteiger partial charge in [-0.05, 0) is 51.2 Å². The minimum absolute atomic E-state index is 0.0755. The van der Waals surface area contributed by atoms with Gasteiger partial charge >= 0.3 is 5.97 Å². The lowest BCUT2D eigenvalue weighted by molar-refractivity contribution is -0.137. The Morgan fingerprint density at radius 2 is 1.69 bits per heavy atom. The van der Waals surface area contributed by atoms with Gasteiger partial charge in [0, 0.05) is 19.5 Å². The third-order valence-corrected chi connectivity index (χ3v) is 6.31. The molecule has 1 aliphatic heterocycles. The molecule has 1 aromatic rings. The number of carboxylic acids is 1. The van der Waals surface area contributed by atoms with Crippen LogP contribution in [0, 0.1) is 20.8 Å². The fraction of sp³-hybridized carbons (Fsp3) is 0.556. The number of sulfonamides is 1. The lowest BCUT2D eigenvalue weighted by atomic mass is 10.1. The molecule has 26 heavy (non-hydrogen) atoms. The second-order valence-electron chi connectivity index (χ2n) is 6.87. The molecule has 144 valence electrons. The number of amides is 1. The second kappa shape index (κ2) is 8.18. The minimum atomic E-state index is -3.95. The van der Waals surface area contributed by atoms with Crippen molar-refractivity contribution in [1.82, 2.24) is 9.62 Å². The Kier molecular flexibility index (Phi) is 6.41. The molecular weight excluding hydrogens is 356 g/mol. The number of likely N-dealkylation sites (tertiary alicyclic amines) is 1. The average Bonchev–Trinajstić information content (AvgIpc) is 3.03. The summed E-state index contributed by atoms with van der Waals surface area (Å²) in [6.07, 6.45) is 1.40. The van der Waals surface area contributed by atoms with Gasteiger partial charge in [-0.1, -0.05) is 17.7 Å². The number of aliphatic carboxylic acids is 1. The van der Waals surface area contributed by atoms with Gasteiger partial charge in [0.1, 0.15) is 6.04 Å². The van der Waals surface area contributed by atoms with Gasteiger partial charge in [0.2, 0.25) is 15.9 Å². The minimum Gasteiger partial charge on any atom is -0.481 e. The zero-order chi connectivity index (χ0) is 19.5. The molecule has 0 aromatic heterocycles. The van der Waals surface area contributed by atoms with Crippen molar-refractivity contribution >= 4 is 21.9 Å². The van der Waals surface area contributed by atoms with E-state index in [1.165, 1.54) is 0 Å². The Hall–Kier alpha value is -1.93. The number of hydrogen-bond donors (Lipinski definition) is 2. The number of carbonyl (C=O) groups is 2. The lowest BCUT2D eigenvalue weighted by Crippen LogP contribution is -2.48. The van der Waals surface area contributed by atoms with Gasteiger partial charge in [0.15, 0.2) is 0 Å². The predicted octanol–water partition coefficient (Wildman–Crippen LogP) is 1.75. The summed E-state index contributed by atoms with van der Waals surface area (Å²) in [6.45, 7) is 6.46. The summed E-state index contributed by atoms with van der Waals surface area (Å²) < 4.78 is 28.3. The van der Waals surface area contributed by atoms with E-state index in [4.69, 9.17) is 5.11 Å². The first kappa shape index (κ1) is 20.4. The molecule has 7 nitrogen and oxygen atoms in total. The molecule has 1 atom stereocenters. The molecule has 0 bridgehead atoms. The number of aryl methyl sites for hydroxylation is 3. The highest BCUT2D eigenvalue weighted by molar-refractivity contribution is 7.89. The van der Waals surface area contributed by atoms with Gasteiger partial charge in [-0.2, -0.15) is 4.72 Å². The quantitative estimate of drug-likeness (QED) is 0.748. The van der Waals surface area contributed by atoms with Gasteiger partial charge < -0.3 is 10.0 Å². The first-order valence-electron chi connectivity index (χ1n) is 8.72. The molecule has 0 unspecified atom stereocenters. The zero-order valence-electron chi connectivity index (χ0n) is 15.4. The summed E-state index contributed by atoms with van der Waals surface area (Å²) in [5.74, 6) is -1.42. The number of rotatable bonds is 7. The first-order chi connectivity index (χ1) is 12.1. The van der Waals surface area contributed by atoms with Crippen LogP contribution in [0.3, 0.4) is 0 Å². The van der Waals surface area contributed by atoms with Crippen LogP contribution < -0.4 is 4.72 Å². The van der Waals surface area contributed by atoms with E-state index in [2.05, 4.69) is 4.72 Å². The van der Waals surface area contributed by atoms with Crippen molar-refractivity contribution in [1.29, 1.82) is 0 Å². The van der Waals surface area contributed by atoms with Crippen LogP contribution >= 0.6 is 0 Å². The van der Waals surface area contributed by atoms with Gasteiger partial charge in [-0.3, -0.25) is 9.59 Å². The summed E-state index contributed by atoms with van der Waals surface area (Å²) in [5, 5.41) is 8.94. The van der Waals surface area contributed by atoms with Crippen LogP contribution in [-0.4, -0.2) is 49.4 Å². The summed E-state index contributed by atoms with van der Waals surface area (Å²) >= 11 is 0. The van der Waals surface area contributed by atoms with E-state index in [0.29, 0.717) is 24.2 Å². The van der Waals surface area contributed by atoms with Crippen molar-refractivity contribution in [3.8, 4) is 0 Å². The van der Waals surface area contributed by atoms with Crippen molar-refractivity contribution in [2.75, 3.05) is 13.1 Å². The largest absolute Gasteiger partial charge is 0.481 e. The Labute approximate surface area is 154 Å². The van der Waals surface area contributed by atoms with Crippen molar-refractivity contribution in [3.05, 3.63) is 28.8 Å². The molecule has 0 radical (unpaired) electrons. The van der Waals surface area contributed by atoms with Crippen LogP contribution in [0.25, 0.3) is 0 Å². The fourth-order valence-corrected chi connectivity index (χ4v) is 5.17. The van der Waals surface area contributed by atoms with Crippen LogP contribution in [0.1, 0.15) is 42.4 Å². The first-order valence-corrected chi connectivity index (χ1v) is 10.2. The summed E-state index contributed by atoms with van der Waals surface area (Å²) in [5.41, 5.74) is 2.15. The predicted molar refractivity (Wildman–Crippen MR) is 97.4 cm³/mol. The van der Waals surface area contributed by atoms with E-state index in [-0.39, 0.29) is 23.6 Å². The summed E-state index contributed by atoms with van der Waals surface area (Å²) in [7, 11) is -3.95. The van der Waals surface area contributed by atoms with Crippen molar-refractivity contribution in [3.63, 3.8) is 0 Å². The molecule has 1 heterocycles. The number of hydrogen-bond acceptors (Lipinski definition) is 4. The monoisotopic (exact) mass is 382 g/mol. The Balaban J connectivity index is 2.30. The van der Waals surface area contributed by atoms with Gasteiger partial charge in [-0.25, -0.2) is 8.42 Å². The smallest absolute Gasteiger partial charge is 0.303 e.